The molecule has 0 saturated carbocycles. The van der Waals surface area contributed by atoms with Crippen LogP contribution in [0.25, 0.3) is 0 Å². The average Bonchev–Trinajstić information content (AvgIpc) is 2.17. The standard InChI is InChI=1S/C10H14BrNO/c1-13-9(7-12)6-8-4-2-3-5-10(8)11/h2-5,9H,6-7,12H2,1H3. The molecule has 1 aromatic rings. The van der Waals surface area contributed by atoms with Crippen LogP contribution in [0.2, 0.25) is 0 Å². The van der Waals surface area contributed by atoms with Gasteiger partial charge >= 0.3 is 0 Å². The summed E-state index contributed by atoms with van der Waals surface area (Å²) >= 11 is 3.49. The SMILES string of the molecule is COC(CN)Cc1ccccc1Br. The van der Waals surface area contributed by atoms with Crippen molar-refractivity contribution < 1.29 is 4.74 Å². The summed E-state index contributed by atoms with van der Waals surface area (Å²) in [6.45, 7) is 0.553. The molecular weight excluding hydrogens is 230 g/mol. The molecule has 72 valence electrons. The number of nitrogens with two attached hydrogens (primary N) is 1. The quantitative estimate of drug-likeness (QED) is 0.878. The number of hydrogen-bond acceptors (Lipinski definition) is 2. The van der Waals surface area contributed by atoms with Crippen molar-refractivity contribution in [1.29, 1.82) is 0 Å². The third kappa shape index (κ3) is 3.10. The first-order valence-electron chi connectivity index (χ1n) is 4.24. The summed E-state index contributed by atoms with van der Waals surface area (Å²) in [7, 11) is 1.69. The van der Waals surface area contributed by atoms with Crippen molar-refractivity contribution >= 4 is 15.9 Å². The summed E-state index contributed by atoms with van der Waals surface area (Å²) in [5.74, 6) is 0. The highest BCUT2D eigenvalue weighted by atomic mass is 79.9. The Labute approximate surface area is 87.2 Å². The van der Waals surface area contributed by atoms with Gasteiger partial charge in [0.2, 0.25) is 0 Å². The Morgan fingerprint density at radius 3 is 2.69 bits per heavy atom. The maximum absolute atomic E-state index is 5.54. The largest absolute Gasteiger partial charge is 0.380 e. The maximum Gasteiger partial charge on any atom is 0.0734 e. The van der Waals surface area contributed by atoms with E-state index >= 15 is 0 Å². The minimum Gasteiger partial charge on any atom is -0.380 e. The Morgan fingerprint density at radius 2 is 2.15 bits per heavy atom. The highest BCUT2D eigenvalue weighted by molar-refractivity contribution is 9.10. The number of hydrogen-bond donors (Lipinski definition) is 1. The molecular formula is C10H14BrNO. The van der Waals surface area contributed by atoms with E-state index in [1.807, 2.05) is 18.2 Å². The lowest BCUT2D eigenvalue weighted by Gasteiger charge is -2.13. The fraction of sp³-hybridized carbons (Fsp3) is 0.400. The van der Waals surface area contributed by atoms with E-state index in [2.05, 4.69) is 22.0 Å². The first-order chi connectivity index (χ1) is 6.27. The Kier molecular flexibility index (Phi) is 4.42. The smallest absolute Gasteiger partial charge is 0.0734 e. The molecule has 3 heteroatoms. The zero-order valence-electron chi connectivity index (χ0n) is 7.66. The molecule has 1 atom stereocenters. The summed E-state index contributed by atoms with van der Waals surface area (Å²) in [5, 5.41) is 0. The number of methoxy groups -OCH3 is 1. The average molecular weight is 244 g/mol. The minimum atomic E-state index is 0.110. The molecule has 0 radical (unpaired) electrons. The van der Waals surface area contributed by atoms with E-state index in [-0.39, 0.29) is 6.10 Å². The van der Waals surface area contributed by atoms with E-state index in [0.717, 1.165) is 10.9 Å². The van der Waals surface area contributed by atoms with Gasteiger partial charge in [-0.3, -0.25) is 0 Å². The molecule has 13 heavy (non-hydrogen) atoms. The Hall–Kier alpha value is -0.380. The van der Waals surface area contributed by atoms with E-state index in [1.165, 1.54) is 5.56 Å². The molecule has 0 heterocycles. The molecule has 0 bridgehead atoms. The van der Waals surface area contributed by atoms with E-state index < -0.39 is 0 Å². The zero-order chi connectivity index (χ0) is 9.68. The van der Waals surface area contributed by atoms with Crippen LogP contribution in [-0.2, 0) is 11.2 Å². The predicted octanol–water partition coefficient (Wildman–Crippen LogP) is 1.97. The van der Waals surface area contributed by atoms with Gasteiger partial charge in [-0.05, 0) is 11.6 Å². The molecule has 0 saturated heterocycles. The fourth-order valence-corrected chi connectivity index (χ4v) is 1.62. The van der Waals surface area contributed by atoms with Gasteiger partial charge in [0.25, 0.3) is 0 Å². The second kappa shape index (κ2) is 5.37. The summed E-state index contributed by atoms with van der Waals surface area (Å²) < 4.78 is 6.33. The van der Waals surface area contributed by atoms with Crippen LogP contribution in [0, 0.1) is 0 Å². The molecule has 0 amide bonds. The molecule has 0 aliphatic rings. The van der Waals surface area contributed by atoms with Crippen molar-refractivity contribution in [2.75, 3.05) is 13.7 Å². The summed E-state index contributed by atoms with van der Waals surface area (Å²) in [6.07, 6.45) is 0.965. The fourth-order valence-electron chi connectivity index (χ4n) is 1.17. The van der Waals surface area contributed by atoms with Crippen molar-refractivity contribution in [3.63, 3.8) is 0 Å². The topological polar surface area (TPSA) is 35.2 Å². The third-order valence-corrected chi connectivity index (χ3v) is 2.78. The number of halogens is 1. The van der Waals surface area contributed by atoms with Gasteiger partial charge in [-0.1, -0.05) is 34.1 Å². The summed E-state index contributed by atoms with van der Waals surface area (Å²) in [4.78, 5) is 0. The van der Waals surface area contributed by atoms with Crippen molar-refractivity contribution in [2.45, 2.75) is 12.5 Å². The summed E-state index contributed by atoms with van der Waals surface area (Å²) in [5.41, 5.74) is 6.78. The van der Waals surface area contributed by atoms with Crippen molar-refractivity contribution in [3.8, 4) is 0 Å². The molecule has 1 rings (SSSR count). The zero-order valence-corrected chi connectivity index (χ0v) is 9.25. The predicted molar refractivity (Wildman–Crippen MR) is 57.7 cm³/mol. The van der Waals surface area contributed by atoms with Gasteiger partial charge in [-0.2, -0.15) is 0 Å². The normalized spacial score (nSPS) is 12.8. The maximum atomic E-state index is 5.54. The molecule has 1 aromatic carbocycles. The number of benzene rings is 1. The van der Waals surface area contributed by atoms with Crippen LogP contribution in [0.4, 0.5) is 0 Å². The van der Waals surface area contributed by atoms with Crippen molar-refractivity contribution in [1.82, 2.24) is 0 Å². The monoisotopic (exact) mass is 243 g/mol. The van der Waals surface area contributed by atoms with Crippen LogP contribution < -0.4 is 5.73 Å². The lowest BCUT2D eigenvalue weighted by molar-refractivity contribution is 0.110. The molecule has 2 N–H and O–H groups in total. The van der Waals surface area contributed by atoms with E-state index in [1.54, 1.807) is 7.11 Å². The molecule has 1 unspecified atom stereocenters. The Balaban J connectivity index is 2.67. The van der Waals surface area contributed by atoms with Crippen molar-refractivity contribution in [3.05, 3.63) is 34.3 Å². The Bertz CT molecular complexity index is 261. The molecule has 0 aliphatic heterocycles. The van der Waals surface area contributed by atoms with Crippen LogP contribution in [0.3, 0.4) is 0 Å². The van der Waals surface area contributed by atoms with Gasteiger partial charge in [-0.25, -0.2) is 0 Å². The molecule has 0 aliphatic carbocycles. The molecule has 2 nitrogen and oxygen atoms in total. The van der Waals surface area contributed by atoms with Crippen LogP contribution in [0.1, 0.15) is 5.56 Å². The van der Waals surface area contributed by atoms with E-state index in [9.17, 15) is 0 Å². The molecule has 0 fully saturated rings. The first kappa shape index (κ1) is 10.7. The van der Waals surface area contributed by atoms with Gasteiger partial charge in [-0.15, -0.1) is 0 Å². The van der Waals surface area contributed by atoms with E-state index in [4.69, 9.17) is 10.5 Å². The lowest BCUT2D eigenvalue weighted by Crippen LogP contribution is -2.24. The second-order valence-electron chi connectivity index (χ2n) is 2.89. The summed E-state index contributed by atoms with van der Waals surface area (Å²) in [6, 6.07) is 8.12. The van der Waals surface area contributed by atoms with E-state index in [0.29, 0.717) is 6.54 Å². The van der Waals surface area contributed by atoms with Crippen LogP contribution in [0.15, 0.2) is 28.7 Å². The van der Waals surface area contributed by atoms with Gasteiger partial charge in [0.05, 0.1) is 6.10 Å². The van der Waals surface area contributed by atoms with Crippen LogP contribution in [0.5, 0.6) is 0 Å². The van der Waals surface area contributed by atoms with Gasteiger partial charge in [0.15, 0.2) is 0 Å². The highest BCUT2D eigenvalue weighted by Gasteiger charge is 2.07. The third-order valence-electron chi connectivity index (χ3n) is 2.00. The lowest BCUT2D eigenvalue weighted by atomic mass is 10.1. The van der Waals surface area contributed by atoms with Gasteiger partial charge in [0.1, 0.15) is 0 Å². The highest BCUT2D eigenvalue weighted by Crippen LogP contribution is 2.17. The van der Waals surface area contributed by atoms with Gasteiger partial charge < -0.3 is 10.5 Å². The molecule has 0 spiro atoms. The minimum absolute atomic E-state index is 0.110. The number of rotatable bonds is 4. The molecule has 0 aromatic heterocycles. The van der Waals surface area contributed by atoms with Crippen LogP contribution in [-0.4, -0.2) is 19.8 Å². The second-order valence-corrected chi connectivity index (χ2v) is 3.74. The number of ether oxygens (including phenoxy) is 1. The van der Waals surface area contributed by atoms with Crippen molar-refractivity contribution in [2.24, 2.45) is 5.73 Å². The first-order valence-corrected chi connectivity index (χ1v) is 5.03. The van der Waals surface area contributed by atoms with Crippen LogP contribution >= 0.6 is 15.9 Å². The Morgan fingerprint density at radius 1 is 1.46 bits per heavy atom. The van der Waals surface area contributed by atoms with Gasteiger partial charge in [0, 0.05) is 24.5 Å².